The molecular weight excluding hydrogens is 322 g/mol. The van der Waals surface area contributed by atoms with Gasteiger partial charge in [0.15, 0.2) is 0 Å². The third-order valence-corrected chi connectivity index (χ3v) is 3.02. The molecule has 2 rings (SSSR count). The minimum Gasteiger partial charge on any atom is -0.316 e. The molecule has 2 nitrogen and oxygen atoms in total. The summed E-state index contributed by atoms with van der Waals surface area (Å²) in [7, 11) is 0. The Morgan fingerprint density at radius 2 is 1.60 bits per heavy atom. The van der Waals surface area contributed by atoms with Gasteiger partial charge in [-0.2, -0.15) is 0 Å². The SMILES string of the molecule is O=c1[nH]c(Br)ccc1-c1ccc(Br)cc1. The van der Waals surface area contributed by atoms with E-state index >= 15 is 0 Å². The Balaban J connectivity index is 2.55. The van der Waals surface area contributed by atoms with E-state index in [-0.39, 0.29) is 5.56 Å². The van der Waals surface area contributed by atoms with Gasteiger partial charge in [-0.15, -0.1) is 0 Å². The van der Waals surface area contributed by atoms with E-state index < -0.39 is 0 Å². The van der Waals surface area contributed by atoms with E-state index in [1.165, 1.54) is 0 Å². The van der Waals surface area contributed by atoms with Crippen LogP contribution in [-0.4, -0.2) is 4.98 Å². The van der Waals surface area contributed by atoms with Crippen molar-refractivity contribution in [3.8, 4) is 11.1 Å². The molecule has 0 fully saturated rings. The number of aromatic nitrogens is 1. The molecule has 0 bridgehead atoms. The Labute approximate surface area is 104 Å². The van der Waals surface area contributed by atoms with Crippen molar-refractivity contribution in [1.29, 1.82) is 0 Å². The zero-order valence-corrected chi connectivity index (χ0v) is 10.8. The third kappa shape index (κ3) is 2.38. The van der Waals surface area contributed by atoms with Crippen molar-refractivity contribution in [2.24, 2.45) is 0 Å². The predicted octanol–water partition coefficient (Wildman–Crippen LogP) is 3.57. The van der Waals surface area contributed by atoms with E-state index in [0.29, 0.717) is 10.2 Å². The standard InChI is InChI=1S/C11H7Br2NO/c12-8-3-1-7(2-4-8)9-5-6-10(13)14-11(9)15/h1-6H,(H,14,15). The Morgan fingerprint density at radius 3 is 2.20 bits per heavy atom. The molecule has 0 unspecified atom stereocenters. The molecule has 4 heteroatoms. The normalized spacial score (nSPS) is 10.3. The largest absolute Gasteiger partial charge is 0.316 e. The quantitative estimate of drug-likeness (QED) is 0.798. The molecule has 1 aromatic carbocycles. The van der Waals surface area contributed by atoms with E-state index in [2.05, 4.69) is 36.8 Å². The Morgan fingerprint density at radius 1 is 0.933 bits per heavy atom. The molecule has 0 atom stereocenters. The first-order valence-electron chi connectivity index (χ1n) is 4.31. The van der Waals surface area contributed by atoms with Crippen LogP contribution in [0.3, 0.4) is 0 Å². The van der Waals surface area contributed by atoms with Crippen molar-refractivity contribution < 1.29 is 0 Å². The first kappa shape index (κ1) is 10.6. The molecule has 0 aliphatic carbocycles. The molecule has 0 saturated carbocycles. The summed E-state index contributed by atoms with van der Waals surface area (Å²) in [4.78, 5) is 14.3. The number of hydrogen-bond donors (Lipinski definition) is 1. The number of rotatable bonds is 1. The molecule has 0 spiro atoms. The third-order valence-electron chi connectivity index (χ3n) is 2.03. The molecule has 0 aliphatic heterocycles. The first-order chi connectivity index (χ1) is 7.16. The Hall–Kier alpha value is -0.870. The minimum atomic E-state index is -0.0910. The zero-order chi connectivity index (χ0) is 10.8. The van der Waals surface area contributed by atoms with Crippen LogP contribution < -0.4 is 5.56 Å². The van der Waals surface area contributed by atoms with Gasteiger partial charge in [0, 0.05) is 10.0 Å². The van der Waals surface area contributed by atoms with Gasteiger partial charge in [0.2, 0.25) is 0 Å². The fourth-order valence-electron chi connectivity index (χ4n) is 1.31. The number of aromatic amines is 1. The molecule has 15 heavy (non-hydrogen) atoms. The molecule has 0 saturated heterocycles. The van der Waals surface area contributed by atoms with Crippen LogP contribution in [0, 0.1) is 0 Å². The molecule has 1 N–H and O–H groups in total. The van der Waals surface area contributed by atoms with Crippen LogP contribution in [-0.2, 0) is 0 Å². The van der Waals surface area contributed by atoms with E-state index in [0.717, 1.165) is 10.0 Å². The van der Waals surface area contributed by atoms with Gasteiger partial charge >= 0.3 is 0 Å². The topological polar surface area (TPSA) is 32.9 Å². The maximum Gasteiger partial charge on any atom is 0.256 e. The van der Waals surface area contributed by atoms with E-state index in [1.807, 2.05) is 30.3 Å². The van der Waals surface area contributed by atoms with Crippen LogP contribution in [0.15, 0.2) is 50.3 Å². The van der Waals surface area contributed by atoms with Crippen molar-refractivity contribution in [2.75, 3.05) is 0 Å². The molecule has 0 aliphatic rings. The molecular formula is C11H7Br2NO. The number of halogens is 2. The molecule has 0 amide bonds. The fraction of sp³-hybridized carbons (Fsp3) is 0. The molecule has 0 radical (unpaired) electrons. The zero-order valence-electron chi connectivity index (χ0n) is 7.63. The highest BCUT2D eigenvalue weighted by atomic mass is 79.9. The van der Waals surface area contributed by atoms with Crippen LogP contribution in [0.4, 0.5) is 0 Å². The van der Waals surface area contributed by atoms with Gasteiger partial charge in [-0.3, -0.25) is 4.79 Å². The van der Waals surface area contributed by atoms with Crippen LogP contribution in [0.1, 0.15) is 0 Å². The summed E-state index contributed by atoms with van der Waals surface area (Å²) in [5.74, 6) is 0. The second kappa shape index (κ2) is 4.33. The van der Waals surface area contributed by atoms with Crippen molar-refractivity contribution in [2.45, 2.75) is 0 Å². The molecule has 2 aromatic rings. The lowest BCUT2D eigenvalue weighted by atomic mass is 10.1. The summed E-state index contributed by atoms with van der Waals surface area (Å²) < 4.78 is 1.69. The van der Waals surface area contributed by atoms with Crippen molar-refractivity contribution in [3.63, 3.8) is 0 Å². The average Bonchev–Trinajstić information content (AvgIpc) is 2.20. The Bertz CT molecular complexity index is 531. The fourth-order valence-corrected chi connectivity index (χ4v) is 1.88. The summed E-state index contributed by atoms with van der Waals surface area (Å²) >= 11 is 6.57. The van der Waals surface area contributed by atoms with Gasteiger partial charge in [-0.25, -0.2) is 0 Å². The highest BCUT2D eigenvalue weighted by Crippen LogP contribution is 2.19. The summed E-state index contributed by atoms with van der Waals surface area (Å²) in [6, 6.07) is 11.3. The van der Waals surface area contributed by atoms with Gasteiger partial charge < -0.3 is 4.98 Å². The molecule has 76 valence electrons. The minimum absolute atomic E-state index is 0.0910. The van der Waals surface area contributed by atoms with Crippen LogP contribution in [0.5, 0.6) is 0 Å². The van der Waals surface area contributed by atoms with Gasteiger partial charge in [-0.1, -0.05) is 28.1 Å². The highest BCUT2D eigenvalue weighted by Gasteiger charge is 2.02. The second-order valence-corrected chi connectivity index (χ2v) is 4.83. The average molecular weight is 329 g/mol. The van der Waals surface area contributed by atoms with Gasteiger partial charge in [0.25, 0.3) is 5.56 Å². The summed E-state index contributed by atoms with van der Waals surface area (Å²) in [5.41, 5.74) is 1.49. The predicted molar refractivity (Wildman–Crippen MR) is 67.9 cm³/mol. The lowest BCUT2D eigenvalue weighted by Crippen LogP contribution is -2.08. The van der Waals surface area contributed by atoms with Crippen LogP contribution in [0.2, 0.25) is 0 Å². The van der Waals surface area contributed by atoms with Crippen LogP contribution >= 0.6 is 31.9 Å². The van der Waals surface area contributed by atoms with E-state index in [4.69, 9.17) is 0 Å². The van der Waals surface area contributed by atoms with Crippen molar-refractivity contribution in [1.82, 2.24) is 4.98 Å². The van der Waals surface area contributed by atoms with Gasteiger partial charge in [0.05, 0.1) is 4.60 Å². The number of nitrogens with one attached hydrogen (secondary N) is 1. The first-order valence-corrected chi connectivity index (χ1v) is 5.90. The molecule has 1 aromatic heterocycles. The molecule has 1 heterocycles. The number of hydrogen-bond acceptors (Lipinski definition) is 1. The van der Waals surface area contributed by atoms with Crippen molar-refractivity contribution in [3.05, 3.63) is 55.8 Å². The summed E-state index contributed by atoms with van der Waals surface area (Å²) in [6.07, 6.45) is 0. The summed E-state index contributed by atoms with van der Waals surface area (Å²) in [5, 5.41) is 0. The van der Waals surface area contributed by atoms with E-state index in [1.54, 1.807) is 6.07 Å². The maximum atomic E-state index is 11.6. The highest BCUT2D eigenvalue weighted by molar-refractivity contribution is 9.10. The van der Waals surface area contributed by atoms with Gasteiger partial charge in [0.1, 0.15) is 0 Å². The Kier molecular flexibility index (Phi) is 3.07. The number of benzene rings is 1. The number of H-pyrrole nitrogens is 1. The van der Waals surface area contributed by atoms with Crippen molar-refractivity contribution >= 4 is 31.9 Å². The lowest BCUT2D eigenvalue weighted by Gasteiger charge is -2.00. The second-order valence-electron chi connectivity index (χ2n) is 3.06. The maximum absolute atomic E-state index is 11.6. The van der Waals surface area contributed by atoms with Crippen LogP contribution in [0.25, 0.3) is 11.1 Å². The van der Waals surface area contributed by atoms with E-state index in [9.17, 15) is 4.79 Å². The smallest absolute Gasteiger partial charge is 0.256 e. The monoisotopic (exact) mass is 327 g/mol. The van der Waals surface area contributed by atoms with Gasteiger partial charge in [-0.05, 0) is 45.8 Å². The number of pyridine rings is 1. The lowest BCUT2D eigenvalue weighted by molar-refractivity contribution is 1.20. The summed E-state index contributed by atoms with van der Waals surface area (Å²) in [6.45, 7) is 0.